The molecule has 6 heteroatoms. The van der Waals surface area contributed by atoms with Crippen molar-refractivity contribution in [2.24, 2.45) is 0 Å². The molecule has 2 N–H and O–H groups in total. The van der Waals surface area contributed by atoms with Crippen molar-refractivity contribution in [3.63, 3.8) is 0 Å². The summed E-state index contributed by atoms with van der Waals surface area (Å²) >= 11 is 1.55. The fraction of sp³-hybridized carbons (Fsp3) is 0.500. The van der Waals surface area contributed by atoms with Gasteiger partial charge in [-0.3, -0.25) is 4.79 Å². The number of rotatable bonds is 5. The van der Waals surface area contributed by atoms with Crippen LogP contribution in [-0.2, 0) is 11.2 Å². The minimum Gasteiger partial charge on any atom is -0.444 e. The van der Waals surface area contributed by atoms with Crippen LogP contribution >= 0.6 is 11.3 Å². The van der Waals surface area contributed by atoms with Crippen LogP contribution < -0.4 is 5.32 Å². The lowest BCUT2D eigenvalue weighted by Crippen LogP contribution is -2.44. The molecule has 0 aliphatic heterocycles. The first-order valence-corrected chi connectivity index (χ1v) is 8.50. The first-order valence-electron chi connectivity index (χ1n) is 7.62. The minimum absolute atomic E-state index is 0.134. The molecule has 1 amide bonds. The highest BCUT2D eigenvalue weighted by molar-refractivity contribution is 7.13. The van der Waals surface area contributed by atoms with Gasteiger partial charge in [0.25, 0.3) is 0 Å². The van der Waals surface area contributed by atoms with Crippen LogP contribution in [0.3, 0.4) is 0 Å². The van der Waals surface area contributed by atoms with E-state index in [9.17, 15) is 9.90 Å². The SMILES string of the molecule is O=C(Cc1coc(-c2cccs2)n1)NCC1(O)CCCCC1. The number of aliphatic hydroxyl groups is 1. The molecule has 0 radical (unpaired) electrons. The van der Waals surface area contributed by atoms with Crippen LogP contribution in [0.25, 0.3) is 10.8 Å². The lowest BCUT2D eigenvalue weighted by atomic mass is 9.85. The fourth-order valence-electron chi connectivity index (χ4n) is 2.78. The van der Waals surface area contributed by atoms with E-state index in [1.807, 2.05) is 17.5 Å². The summed E-state index contributed by atoms with van der Waals surface area (Å²) < 4.78 is 5.39. The molecule has 0 aromatic carbocycles. The zero-order valence-corrected chi connectivity index (χ0v) is 13.2. The quantitative estimate of drug-likeness (QED) is 0.888. The van der Waals surface area contributed by atoms with Crippen molar-refractivity contribution < 1.29 is 14.3 Å². The number of nitrogens with zero attached hydrogens (tertiary/aromatic N) is 1. The van der Waals surface area contributed by atoms with Gasteiger partial charge < -0.3 is 14.8 Å². The number of carbonyl (C=O) groups is 1. The summed E-state index contributed by atoms with van der Waals surface area (Å²) in [6.07, 6.45) is 6.44. The number of aromatic nitrogens is 1. The summed E-state index contributed by atoms with van der Waals surface area (Å²) in [4.78, 5) is 17.3. The molecule has 0 spiro atoms. The highest BCUT2D eigenvalue weighted by Crippen LogP contribution is 2.27. The predicted molar refractivity (Wildman–Crippen MR) is 84.6 cm³/mol. The molecule has 3 rings (SSSR count). The Morgan fingerprint density at radius 3 is 2.95 bits per heavy atom. The summed E-state index contributed by atoms with van der Waals surface area (Å²) in [5.41, 5.74) is -0.128. The molecule has 1 aliphatic carbocycles. The second-order valence-corrected chi connectivity index (χ2v) is 6.81. The molecule has 118 valence electrons. The van der Waals surface area contributed by atoms with E-state index < -0.39 is 5.60 Å². The number of nitrogens with one attached hydrogen (secondary N) is 1. The zero-order valence-electron chi connectivity index (χ0n) is 12.4. The first kappa shape index (κ1) is 15.2. The lowest BCUT2D eigenvalue weighted by molar-refractivity contribution is -0.122. The molecular weight excluding hydrogens is 300 g/mol. The van der Waals surface area contributed by atoms with Gasteiger partial charge in [-0.2, -0.15) is 0 Å². The molecule has 2 heterocycles. The number of hydrogen-bond donors (Lipinski definition) is 2. The highest BCUT2D eigenvalue weighted by Gasteiger charge is 2.29. The second kappa shape index (κ2) is 6.62. The van der Waals surface area contributed by atoms with Gasteiger partial charge in [-0.05, 0) is 24.3 Å². The molecule has 0 bridgehead atoms. The van der Waals surface area contributed by atoms with E-state index in [0.717, 1.165) is 30.6 Å². The van der Waals surface area contributed by atoms with E-state index >= 15 is 0 Å². The van der Waals surface area contributed by atoms with Crippen molar-refractivity contribution in [3.8, 4) is 10.8 Å². The fourth-order valence-corrected chi connectivity index (χ4v) is 3.43. The van der Waals surface area contributed by atoms with Crippen LogP contribution in [0.5, 0.6) is 0 Å². The monoisotopic (exact) mass is 320 g/mol. The first-order chi connectivity index (χ1) is 10.6. The van der Waals surface area contributed by atoms with Gasteiger partial charge in [-0.1, -0.05) is 25.3 Å². The maximum Gasteiger partial charge on any atom is 0.236 e. The third kappa shape index (κ3) is 3.75. The van der Waals surface area contributed by atoms with E-state index in [1.54, 1.807) is 11.3 Å². The highest BCUT2D eigenvalue weighted by atomic mass is 32.1. The normalized spacial score (nSPS) is 17.3. The van der Waals surface area contributed by atoms with Crippen LogP contribution in [-0.4, -0.2) is 28.1 Å². The Morgan fingerprint density at radius 2 is 2.23 bits per heavy atom. The molecular formula is C16H20N2O3S. The minimum atomic E-state index is -0.736. The molecule has 22 heavy (non-hydrogen) atoms. The Morgan fingerprint density at radius 1 is 1.41 bits per heavy atom. The summed E-state index contributed by atoms with van der Waals surface area (Å²) in [5.74, 6) is 0.411. The standard InChI is InChI=1S/C16H20N2O3S/c19-14(17-11-16(20)6-2-1-3-7-16)9-12-10-21-15(18-12)13-5-4-8-22-13/h4-5,8,10,20H,1-3,6-7,9,11H2,(H,17,19). The Balaban J connectivity index is 1.51. The van der Waals surface area contributed by atoms with E-state index in [2.05, 4.69) is 10.3 Å². The number of carbonyl (C=O) groups excluding carboxylic acids is 1. The molecule has 0 saturated heterocycles. The smallest absolute Gasteiger partial charge is 0.236 e. The van der Waals surface area contributed by atoms with Crippen LogP contribution in [0.1, 0.15) is 37.8 Å². The van der Waals surface area contributed by atoms with E-state index in [1.165, 1.54) is 12.7 Å². The van der Waals surface area contributed by atoms with Crippen molar-refractivity contribution in [1.29, 1.82) is 0 Å². The van der Waals surface area contributed by atoms with Crippen molar-refractivity contribution in [3.05, 3.63) is 29.5 Å². The van der Waals surface area contributed by atoms with E-state index in [-0.39, 0.29) is 12.3 Å². The average Bonchev–Trinajstić information content (AvgIpc) is 3.17. The molecule has 5 nitrogen and oxygen atoms in total. The van der Waals surface area contributed by atoms with Gasteiger partial charge in [0.2, 0.25) is 11.8 Å². The zero-order chi connectivity index (χ0) is 15.4. The molecule has 0 unspecified atom stereocenters. The molecule has 1 aliphatic rings. The maximum atomic E-state index is 12.0. The van der Waals surface area contributed by atoms with Crippen molar-refractivity contribution in [2.75, 3.05) is 6.54 Å². The second-order valence-electron chi connectivity index (χ2n) is 5.86. The van der Waals surface area contributed by atoms with Gasteiger partial charge in [0.05, 0.1) is 22.6 Å². The Kier molecular flexibility index (Phi) is 4.59. The average molecular weight is 320 g/mol. The van der Waals surface area contributed by atoms with Gasteiger partial charge in [0, 0.05) is 6.54 Å². The Labute approximate surface area is 133 Å². The molecule has 2 aromatic heterocycles. The van der Waals surface area contributed by atoms with Gasteiger partial charge in [0.1, 0.15) is 6.26 Å². The van der Waals surface area contributed by atoms with Gasteiger partial charge >= 0.3 is 0 Å². The van der Waals surface area contributed by atoms with Gasteiger partial charge in [-0.15, -0.1) is 11.3 Å². The molecule has 1 saturated carbocycles. The third-order valence-corrected chi connectivity index (χ3v) is 4.88. The maximum absolute atomic E-state index is 12.0. The third-order valence-electron chi connectivity index (χ3n) is 4.02. The molecule has 2 aromatic rings. The van der Waals surface area contributed by atoms with Crippen molar-refractivity contribution >= 4 is 17.2 Å². The van der Waals surface area contributed by atoms with E-state index in [4.69, 9.17) is 4.42 Å². The van der Waals surface area contributed by atoms with Crippen LogP contribution in [0.15, 0.2) is 28.2 Å². The summed E-state index contributed by atoms with van der Waals surface area (Å²) in [6, 6.07) is 3.86. The van der Waals surface area contributed by atoms with Gasteiger partial charge in [-0.25, -0.2) is 4.98 Å². The van der Waals surface area contributed by atoms with Crippen LogP contribution in [0.2, 0.25) is 0 Å². The lowest BCUT2D eigenvalue weighted by Gasteiger charge is -2.32. The Bertz CT molecular complexity index is 615. The number of amides is 1. The summed E-state index contributed by atoms with van der Waals surface area (Å²) in [6.45, 7) is 0.321. The predicted octanol–water partition coefficient (Wildman–Crippen LogP) is 2.76. The topological polar surface area (TPSA) is 75.4 Å². The van der Waals surface area contributed by atoms with Gasteiger partial charge in [0.15, 0.2) is 0 Å². The van der Waals surface area contributed by atoms with Crippen LogP contribution in [0, 0.1) is 0 Å². The summed E-state index contributed by atoms with van der Waals surface area (Å²) in [5, 5.41) is 15.1. The van der Waals surface area contributed by atoms with Crippen LogP contribution in [0.4, 0.5) is 0 Å². The number of thiophene rings is 1. The number of oxazole rings is 1. The summed E-state index contributed by atoms with van der Waals surface area (Å²) in [7, 11) is 0. The molecule has 1 fully saturated rings. The number of hydrogen-bond acceptors (Lipinski definition) is 5. The largest absolute Gasteiger partial charge is 0.444 e. The van der Waals surface area contributed by atoms with Crippen molar-refractivity contribution in [2.45, 2.75) is 44.1 Å². The van der Waals surface area contributed by atoms with E-state index in [0.29, 0.717) is 18.1 Å². The van der Waals surface area contributed by atoms with Crippen molar-refractivity contribution in [1.82, 2.24) is 10.3 Å². The molecule has 0 atom stereocenters. The Hall–Kier alpha value is -1.66.